The molecule has 100 valence electrons. The Balaban J connectivity index is 2.51. The van der Waals surface area contributed by atoms with Crippen LogP contribution in [0.4, 0.5) is 0 Å². The molecule has 0 aromatic carbocycles. The third-order valence-corrected chi connectivity index (χ3v) is 2.88. The molecule has 1 aliphatic heterocycles. The van der Waals surface area contributed by atoms with Crippen LogP contribution < -0.4 is 5.32 Å². The van der Waals surface area contributed by atoms with Crippen molar-refractivity contribution in [1.82, 2.24) is 10.2 Å². The lowest BCUT2D eigenvalue weighted by Crippen LogP contribution is -2.54. The van der Waals surface area contributed by atoms with Crippen molar-refractivity contribution >= 4 is 5.97 Å². The molecule has 5 nitrogen and oxygen atoms in total. The first-order chi connectivity index (χ1) is 7.98. The summed E-state index contributed by atoms with van der Waals surface area (Å²) in [7, 11) is 1.43. The smallest absolute Gasteiger partial charge is 0.324 e. The number of esters is 1. The number of likely N-dealkylation sites (N-methyl/N-ethyl adjacent to an activating group) is 1. The average Bonchev–Trinajstić information content (AvgIpc) is 2.26. The molecule has 1 atom stereocenters. The van der Waals surface area contributed by atoms with Gasteiger partial charge in [0, 0.05) is 19.6 Å². The highest BCUT2D eigenvalue weighted by Crippen LogP contribution is 2.16. The Hall–Kier alpha value is -0.650. The van der Waals surface area contributed by atoms with Gasteiger partial charge >= 0.3 is 5.97 Å². The molecule has 1 N–H and O–H groups in total. The standard InChI is InChI=1S/C12H24N2O3/c1-5-13-10(11(15)16-4)8-14-6-7-17-12(2,3)9-14/h10,13H,5-9H2,1-4H3. The van der Waals surface area contributed by atoms with Crippen LogP contribution in [0.25, 0.3) is 0 Å². The van der Waals surface area contributed by atoms with E-state index in [9.17, 15) is 4.79 Å². The van der Waals surface area contributed by atoms with E-state index in [1.165, 1.54) is 7.11 Å². The molecule has 0 aliphatic carbocycles. The number of hydrogen-bond acceptors (Lipinski definition) is 5. The van der Waals surface area contributed by atoms with E-state index in [1.54, 1.807) is 0 Å². The summed E-state index contributed by atoms with van der Waals surface area (Å²) in [5, 5.41) is 3.15. The minimum atomic E-state index is -0.251. The van der Waals surface area contributed by atoms with E-state index in [4.69, 9.17) is 9.47 Å². The first-order valence-corrected chi connectivity index (χ1v) is 6.16. The number of carbonyl (C=O) groups is 1. The Labute approximate surface area is 103 Å². The van der Waals surface area contributed by atoms with Gasteiger partial charge in [0.2, 0.25) is 0 Å². The van der Waals surface area contributed by atoms with Crippen molar-refractivity contribution in [3.63, 3.8) is 0 Å². The fraction of sp³-hybridized carbons (Fsp3) is 0.917. The van der Waals surface area contributed by atoms with Crippen molar-refractivity contribution < 1.29 is 14.3 Å². The molecule has 0 aromatic rings. The summed E-state index contributed by atoms with van der Waals surface area (Å²) in [6.07, 6.45) is 0. The normalized spacial score (nSPS) is 22.1. The van der Waals surface area contributed by atoms with Crippen LogP contribution >= 0.6 is 0 Å². The maximum absolute atomic E-state index is 11.6. The molecule has 1 aliphatic rings. The molecule has 1 heterocycles. The van der Waals surface area contributed by atoms with Gasteiger partial charge in [0.1, 0.15) is 6.04 Å². The summed E-state index contributed by atoms with van der Waals surface area (Å²) in [6, 6.07) is -0.251. The fourth-order valence-electron chi connectivity index (χ4n) is 2.14. The number of morpholine rings is 1. The Morgan fingerprint density at radius 2 is 2.29 bits per heavy atom. The van der Waals surface area contributed by atoms with Crippen LogP contribution in [0.2, 0.25) is 0 Å². The van der Waals surface area contributed by atoms with E-state index in [-0.39, 0.29) is 17.6 Å². The van der Waals surface area contributed by atoms with Gasteiger partial charge in [0.15, 0.2) is 0 Å². The maximum atomic E-state index is 11.6. The van der Waals surface area contributed by atoms with Crippen LogP contribution in [-0.4, -0.2) is 62.4 Å². The lowest BCUT2D eigenvalue weighted by molar-refractivity contribution is -0.145. The number of hydrogen-bond donors (Lipinski definition) is 1. The summed E-state index contributed by atoms with van der Waals surface area (Å²) in [5.41, 5.74) is -0.134. The largest absolute Gasteiger partial charge is 0.468 e. The first-order valence-electron chi connectivity index (χ1n) is 6.16. The van der Waals surface area contributed by atoms with Gasteiger partial charge in [-0.25, -0.2) is 0 Å². The van der Waals surface area contributed by atoms with Gasteiger partial charge < -0.3 is 14.8 Å². The van der Waals surface area contributed by atoms with Crippen molar-refractivity contribution in [1.29, 1.82) is 0 Å². The molecule has 1 rings (SSSR count). The van der Waals surface area contributed by atoms with Crippen molar-refractivity contribution in [3.8, 4) is 0 Å². The summed E-state index contributed by atoms with van der Waals surface area (Å²) >= 11 is 0. The van der Waals surface area contributed by atoms with Gasteiger partial charge in [-0.05, 0) is 20.4 Å². The highest BCUT2D eigenvalue weighted by atomic mass is 16.5. The predicted octanol–water partition coefficient (Wildman–Crippen LogP) is 0.248. The third-order valence-electron chi connectivity index (χ3n) is 2.88. The van der Waals surface area contributed by atoms with Gasteiger partial charge in [-0.1, -0.05) is 6.92 Å². The van der Waals surface area contributed by atoms with Gasteiger partial charge in [-0.15, -0.1) is 0 Å². The zero-order valence-electron chi connectivity index (χ0n) is 11.3. The zero-order chi connectivity index (χ0) is 12.9. The molecule has 0 radical (unpaired) electrons. The fourth-order valence-corrected chi connectivity index (χ4v) is 2.14. The highest BCUT2D eigenvalue weighted by molar-refractivity contribution is 5.75. The van der Waals surface area contributed by atoms with E-state index >= 15 is 0 Å². The second kappa shape index (κ2) is 6.33. The van der Waals surface area contributed by atoms with Gasteiger partial charge in [-0.2, -0.15) is 0 Å². The minimum Gasteiger partial charge on any atom is -0.468 e. The summed E-state index contributed by atoms with van der Waals surface area (Å²) in [6.45, 7) is 9.97. The molecule has 0 saturated carbocycles. The average molecular weight is 244 g/mol. The molecule has 0 bridgehead atoms. The topological polar surface area (TPSA) is 50.8 Å². The van der Waals surface area contributed by atoms with E-state index in [0.717, 1.165) is 19.6 Å². The second-order valence-corrected chi connectivity index (χ2v) is 4.98. The number of nitrogens with one attached hydrogen (secondary N) is 1. The van der Waals surface area contributed by atoms with Gasteiger partial charge in [-0.3, -0.25) is 9.69 Å². The SMILES string of the molecule is CCNC(CN1CCOC(C)(C)C1)C(=O)OC. The van der Waals surface area contributed by atoms with Crippen molar-refractivity contribution in [2.75, 3.05) is 39.9 Å². The number of carbonyl (C=O) groups excluding carboxylic acids is 1. The van der Waals surface area contributed by atoms with E-state index in [0.29, 0.717) is 13.2 Å². The van der Waals surface area contributed by atoms with E-state index in [2.05, 4.69) is 24.1 Å². The molecule has 17 heavy (non-hydrogen) atoms. The maximum Gasteiger partial charge on any atom is 0.324 e. The molecule has 1 unspecified atom stereocenters. The van der Waals surface area contributed by atoms with Crippen LogP contribution in [0, 0.1) is 0 Å². The Morgan fingerprint density at radius 3 is 2.82 bits per heavy atom. The van der Waals surface area contributed by atoms with Crippen molar-refractivity contribution in [3.05, 3.63) is 0 Å². The minimum absolute atomic E-state index is 0.134. The van der Waals surface area contributed by atoms with Gasteiger partial charge in [0.05, 0.1) is 19.3 Å². The first kappa shape index (κ1) is 14.4. The summed E-state index contributed by atoms with van der Waals surface area (Å²) in [5.74, 6) is -0.198. The lowest BCUT2D eigenvalue weighted by Gasteiger charge is -2.39. The number of methoxy groups -OCH3 is 1. The number of ether oxygens (including phenoxy) is 2. The van der Waals surface area contributed by atoms with Crippen LogP contribution in [0.1, 0.15) is 20.8 Å². The third kappa shape index (κ3) is 4.61. The van der Waals surface area contributed by atoms with E-state index in [1.807, 2.05) is 6.92 Å². The van der Waals surface area contributed by atoms with E-state index < -0.39 is 0 Å². The summed E-state index contributed by atoms with van der Waals surface area (Å²) in [4.78, 5) is 13.8. The van der Waals surface area contributed by atoms with Crippen LogP contribution in [0.5, 0.6) is 0 Å². The monoisotopic (exact) mass is 244 g/mol. The Morgan fingerprint density at radius 1 is 1.59 bits per heavy atom. The quantitative estimate of drug-likeness (QED) is 0.703. The Bertz CT molecular complexity index is 256. The summed E-state index contributed by atoms with van der Waals surface area (Å²) < 4.78 is 10.4. The highest BCUT2D eigenvalue weighted by Gasteiger charge is 2.30. The molecule has 0 spiro atoms. The molecule has 1 fully saturated rings. The van der Waals surface area contributed by atoms with Crippen LogP contribution in [0.3, 0.4) is 0 Å². The zero-order valence-corrected chi connectivity index (χ0v) is 11.3. The second-order valence-electron chi connectivity index (χ2n) is 4.98. The molecular formula is C12H24N2O3. The van der Waals surface area contributed by atoms with Crippen molar-refractivity contribution in [2.24, 2.45) is 0 Å². The van der Waals surface area contributed by atoms with Crippen LogP contribution in [0.15, 0.2) is 0 Å². The molecule has 0 aromatic heterocycles. The molecule has 5 heteroatoms. The predicted molar refractivity (Wildman–Crippen MR) is 66.0 cm³/mol. The number of nitrogens with zero attached hydrogens (tertiary/aromatic N) is 1. The van der Waals surface area contributed by atoms with Crippen molar-refractivity contribution in [2.45, 2.75) is 32.4 Å². The lowest BCUT2D eigenvalue weighted by atomic mass is 10.1. The molecule has 0 amide bonds. The molecule has 1 saturated heterocycles. The van der Waals surface area contributed by atoms with Crippen LogP contribution in [-0.2, 0) is 14.3 Å². The molecular weight excluding hydrogens is 220 g/mol. The Kier molecular flexibility index (Phi) is 5.36. The number of rotatable bonds is 5. The van der Waals surface area contributed by atoms with Gasteiger partial charge in [0.25, 0.3) is 0 Å².